The normalized spacial score (nSPS) is 28.9. The predicted molar refractivity (Wildman–Crippen MR) is 361 cm³/mol. The zero-order valence-corrected chi connectivity index (χ0v) is 52.0. The first kappa shape index (κ1) is 57.5. The summed E-state index contributed by atoms with van der Waals surface area (Å²) in [7, 11) is 0. The molecule has 1 heterocycles. The molecule has 0 radical (unpaired) electrons. The van der Waals surface area contributed by atoms with Crippen LogP contribution < -0.4 is 9.80 Å². The molecule has 0 aromatic heterocycles. The maximum absolute atomic E-state index is 6.43. The molecule has 0 bridgehead atoms. The average Bonchev–Trinajstić information content (AvgIpc) is 1.74. The molecule has 8 aliphatic carbocycles. The van der Waals surface area contributed by atoms with Gasteiger partial charge in [0, 0.05) is 52.8 Å². The van der Waals surface area contributed by atoms with Crippen molar-refractivity contribution in [2.45, 2.75) is 185 Å². The lowest BCUT2D eigenvalue weighted by atomic mass is 9.59. The molecule has 4 aromatic rings. The molecule has 11 atom stereocenters. The Bertz CT molecular complexity index is 3380. The van der Waals surface area contributed by atoms with Crippen LogP contribution in [0.4, 0.5) is 11.4 Å². The number of hydrogen-bond donors (Lipinski definition) is 0. The number of anilines is 2. The van der Waals surface area contributed by atoms with Gasteiger partial charge in [-0.1, -0.05) is 210 Å². The van der Waals surface area contributed by atoms with E-state index >= 15 is 0 Å². The summed E-state index contributed by atoms with van der Waals surface area (Å²) >= 11 is 0. The van der Waals surface area contributed by atoms with E-state index in [1.54, 1.807) is 27.8 Å². The summed E-state index contributed by atoms with van der Waals surface area (Å²) in [6.45, 7) is 18.3. The van der Waals surface area contributed by atoms with Gasteiger partial charge in [0.1, 0.15) is 0 Å². The quantitative estimate of drug-likeness (QED) is 0.0729. The number of allylic oxidation sites excluding steroid dienone is 17. The highest BCUT2D eigenvalue weighted by atomic mass is 16.5. The lowest BCUT2D eigenvalue weighted by Crippen LogP contribution is -2.44. The van der Waals surface area contributed by atoms with Crippen LogP contribution in [-0.4, -0.2) is 24.7 Å². The zero-order chi connectivity index (χ0) is 58.1. The zero-order valence-electron chi connectivity index (χ0n) is 52.0. The number of para-hydroxylation sites is 1. The Labute approximate surface area is 512 Å². The molecule has 0 spiro atoms. The summed E-state index contributed by atoms with van der Waals surface area (Å²) in [4.78, 5) is 5.71. The Morgan fingerprint density at radius 3 is 2.31 bits per heavy atom. The Morgan fingerprint density at radius 2 is 1.58 bits per heavy atom. The van der Waals surface area contributed by atoms with Gasteiger partial charge in [-0.15, -0.1) is 6.58 Å². The van der Waals surface area contributed by atoms with E-state index < -0.39 is 0 Å². The van der Waals surface area contributed by atoms with Crippen molar-refractivity contribution in [3.8, 4) is 11.1 Å². The third kappa shape index (κ3) is 11.7. The van der Waals surface area contributed by atoms with Gasteiger partial charge in [-0.2, -0.15) is 0 Å². The fourth-order valence-electron chi connectivity index (χ4n) is 17.5. The van der Waals surface area contributed by atoms with Crippen molar-refractivity contribution in [3.05, 3.63) is 246 Å². The topological polar surface area (TPSA) is 15.7 Å². The van der Waals surface area contributed by atoms with Crippen molar-refractivity contribution < 1.29 is 4.74 Å². The van der Waals surface area contributed by atoms with E-state index in [0.29, 0.717) is 53.5 Å². The van der Waals surface area contributed by atoms with E-state index in [0.717, 1.165) is 51.6 Å². The summed E-state index contributed by atoms with van der Waals surface area (Å²) in [5, 5.41) is 0. The lowest BCUT2D eigenvalue weighted by Gasteiger charge is -2.46. The van der Waals surface area contributed by atoms with Crippen LogP contribution >= 0.6 is 0 Å². The van der Waals surface area contributed by atoms with E-state index in [1.807, 2.05) is 0 Å². The molecule has 0 fully saturated rings. The number of nitrogens with zero attached hydrogens (tertiary/aromatic N) is 2. The highest BCUT2D eigenvalue weighted by molar-refractivity contribution is 5.81. The molecule has 4 aromatic carbocycles. The standard InChI is InChI=1S/C82H96N2O/c1-7-58-26-30-60(31-27-58)61-34-44-70(45-35-61)84-79-50-38-64(62-32-40-66(41-33-62)81(4,5)6)53-75(79)76-54-65(39-51-80(76)84)63-36-42-69(43-37-63)83(68-22-13-10-14-23-68)71-46-49-74-73-24-15-16-25-77(73)82(78(74)55-71,67-20-11-9-12-21-67)52-18-17-19-57(3)56-85-72-47-28-59(8-2)29-48-72/h7-16,20,22-26,32-34,36,38,40-42,46-47,49-50,53-54,57,59-60,63,67,69-70,76,78,80H,1-2,17-19,21,27-31,35,37,39,43-45,48,51-52,55-56H2,3-6H3. The van der Waals surface area contributed by atoms with E-state index in [9.17, 15) is 0 Å². The molecule has 85 heavy (non-hydrogen) atoms. The van der Waals surface area contributed by atoms with Crippen molar-refractivity contribution in [2.75, 3.05) is 16.4 Å². The number of unbranched alkanes of at least 4 members (excludes halogenated alkanes) is 1. The number of benzene rings is 4. The molecule has 9 aliphatic rings. The molecule has 0 N–H and O–H groups in total. The minimum atomic E-state index is 0.0182. The molecular weight excluding hydrogens is 1030 g/mol. The molecular formula is C82H96N2O. The van der Waals surface area contributed by atoms with E-state index in [-0.39, 0.29) is 16.9 Å². The van der Waals surface area contributed by atoms with Crippen LogP contribution in [0.2, 0.25) is 0 Å². The smallest absolute Gasteiger partial charge is 0.0920 e. The number of ether oxygens (including phenoxy) is 1. The highest BCUT2D eigenvalue weighted by Gasteiger charge is 2.54. The Balaban J connectivity index is 0.757. The third-order valence-corrected chi connectivity index (χ3v) is 22.3. The van der Waals surface area contributed by atoms with Gasteiger partial charge in [0.15, 0.2) is 0 Å². The van der Waals surface area contributed by atoms with Gasteiger partial charge in [-0.05, 0) is 213 Å². The Hall–Kier alpha value is -6.58. The summed E-state index contributed by atoms with van der Waals surface area (Å²) in [5.74, 6) is 4.75. The van der Waals surface area contributed by atoms with E-state index in [4.69, 9.17) is 4.74 Å². The second-order valence-corrected chi connectivity index (χ2v) is 28.3. The summed E-state index contributed by atoms with van der Waals surface area (Å²) in [6, 6.07) is 39.3. The fourth-order valence-corrected chi connectivity index (χ4v) is 17.5. The molecule has 0 saturated carbocycles. The van der Waals surface area contributed by atoms with Gasteiger partial charge >= 0.3 is 0 Å². The molecule has 13 rings (SSSR count). The van der Waals surface area contributed by atoms with Crippen molar-refractivity contribution in [1.82, 2.24) is 0 Å². The monoisotopic (exact) mass is 1120 g/mol. The maximum Gasteiger partial charge on any atom is 0.0920 e. The first-order valence-corrected chi connectivity index (χ1v) is 33.6. The first-order chi connectivity index (χ1) is 41.6. The Kier molecular flexibility index (Phi) is 16.9. The molecule has 3 heteroatoms. The predicted octanol–water partition coefficient (Wildman–Crippen LogP) is 21.3. The average molecular weight is 1130 g/mol. The van der Waals surface area contributed by atoms with Crippen LogP contribution in [0.3, 0.4) is 0 Å². The van der Waals surface area contributed by atoms with Crippen LogP contribution in [0.1, 0.15) is 178 Å². The maximum atomic E-state index is 6.43. The summed E-state index contributed by atoms with van der Waals surface area (Å²) < 4.78 is 6.43. The van der Waals surface area contributed by atoms with E-state index in [2.05, 4.69) is 233 Å². The van der Waals surface area contributed by atoms with Gasteiger partial charge < -0.3 is 14.5 Å². The van der Waals surface area contributed by atoms with Crippen LogP contribution in [0.5, 0.6) is 0 Å². The third-order valence-electron chi connectivity index (χ3n) is 22.3. The van der Waals surface area contributed by atoms with Crippen molar-refractivity contribution in [2.24, 2.45) is 35.5 Å². The Morgan fingerprint density at radius 1 is 0.741 bits per heavy atom. The molecule has 440 valence electrons. The van der Waals surface area contributed by atoms with Crippen LogP contribution in [0.15, 0.2) is 223 Å². The van der Waals surface area contributed by atoms with Gasteiger partial charge in [0.05, 0.1) is 18.4 Å². The van der Waals surface area contributed by atoms with Crippen molar-refractivity contribution >= 4 is 16.9 Å². The number of hydrogen-bond acceptors (Lipinski definition) is 3. The molecule has 11 unspecified atom stereocenters. The van der Waals surface area contributed by atoms with Gasteiger partial charge in [0.2, 0.25) is 0 Å². The van der Waals surface area contributed by atoms with Crippen LogP contribution in [0, 0.1) is 35.5 Å². The van der Waals surface area contributed by atoms with Crippen molar-refractivity contribution in [1.29, 1.82) is 0 Å². The minimum absolute atomic E-state index is 0.0182. The van der Waals surface area contributed by atoms with E-state index in [1.165, 1.54) is 128 Å². The molecule has 1 aliphatic heterocycles. The largest absolute Gasteiger partial charge is 0.498 e. The van der Waals surface area contributed by atoms with Gasteiger partial charge in [0.25, 0.3) is 0 Å². The second-order valence-electron chi connectivity index (χ2n) is 28.3. The van der Waals surface area contributed by atoms with Gasteiger partial charge in [-0.3, -0.25) is 0 Å². The lowest BCUT2D eigenvalue weighted by molar-refractivity contribution is 0.149. The summed E-state index contributed by atoms with van der Waals surface area (Å²) in [5.41, 5.74) is 19.5. The minimum Gasteiger partial charge on any atom is -0.498 e. The molecule has 3 nitrogen and oxygen atoms in total. The second kappa shape index (κ2) is 25.0. The first-order valence-electron chi connectivity index (χ1n) is 33.6. The van der Waals surface area contributed by atoms with Gasteiger partial charge in [-0.25, -0.2) is 0 Å². The molecule has 0 saturated heterocycles. The fraction of sp³-hybridized carbons (Fsp3) is 0.439. The van der Waals surface area contributed by atoms with Crippen LogP contribution in [0.25, 0.3) is 16.7 Å². The number of fused-ring (bicyclic) bond motifs is 6. The SMILES string of the molecule is C=CC1=CCC(C2=CCC(N3c4ccc(-c5ccc(C(C)(C)C)cc5)cc4C4C=C(C5C=CC(N(C6=CC=C7c8ccccc8C(CCCCC(C)COC8=CCC(C=C)CC8)(C8C=CC=CC8)C7C6)c6ccccc6)CC5)CCC43)CC2)CC1. The summed E-state index contributed by atoms with van der Waals surface area (Å²) in [6.07, 6.45) is 56.7. The molecule has 0 amide bonds. The number of rotatable bonds is 18. The highest BCUT2D eigenvalue weighted by Crippen LogP contribution is 2.62. The van der Waals surface area contributed by atoms with Crippen LogP contribution in [-0.2, 0) is 15.6 Å². The van der Waals surface area contributed by atoms with Crippen molar-refractivity contribution in [3.63, 3.8) is 0 Å².